The van der Waals surface area contributed by atoms with Crippen LogP contribution in [0.1, 0.15) is 43.9 Å². The number of carbonyl (C=O) groups is 1. The summed E-state index contributed by atoms with van der Waals surface area (Å²) < 4.78 is 2.49. The molecule has 1 N–H and O–H groups in total. The normalized spacial score (nSPS) is 18.4. The molecule has 1 aromatic carbocycles. The van der Waals surface area contributed by atoms with Gasteiger partial charge in [0.1, 0.15) is 16.2 Å². The number of hydrogen-bond donors (Lipinski definition) is 1. The molecule has 2 aromatic heterocycles. The summed E-state index contributed by atoms with van der Waals surface area (Å²) in [5, 5.41) is 2.65. The summed E-state index contributed by atoms with van der Waals surface area (Å²) in [7, 11) is 0. The van der Waals surface area contributed by atoms with Crippen molar-refractivity contribution in [3.63, 3.8) is 0 Å². The number of rotatable bonds is 9. The molecule has 0 bridgehead atoms. The Morgan fingerprint density at radius 2 is 1.92 bits per heavy atom. The summed E-state index contributed by atoms with van der Waals surface area (Å²) >= 11 is 6.35. The second-order valence-electron chi connectivity index (χ2n) is 9.39. The zero-order valence-corrected chi connectivity index (χ0v) is 22.3. The molecule has 0 unspecified atom stereocenters. The third-order valence-corrected chi connectivity index (χ3v) is 7.89. The number of imidazole rings is 1. The number of nitrogens with zero attached hydrogens (tertiary/aromatic N) is 5. The van der Waals surface area contributed by atoms with Crippen molar-refractivity contribution >= 4 is 51.4 Å². The van der Waals surface area contributed by atoms with Gasteiger partial charge in [0.25, 0.3) is 5.91 Å². The summed E-state index contributed by atoms with van der Waals surface area (Å²) in [6, 6.07) is 12.4. The Bertz CT molecular complexity index is 1280. The monoisotopic (exact) mass is 520 g/mol. The lowest BCUT2D eigenvalue weighted by Crippen LogP contribution is -2.46. The SMILES string of the molecule is CCCCCCN1CCN(Cc2cccc(-n3cnc4ccc(C=C5SC(=S)NC5=O)nc43)c2)CC1. The van der Waals surface area contributed by atoms with Gasteiger partial charge in [-0.25, -0.2) is 9.97 Å². The van der Waals surface area contributed by atoms with E-state index in [1.807, 2.05) is 23.0 Å². The van der Waals surface area contributed by atoms with Gasteiger partial charge < -0.3 is 10.2 Å². The van der Waals surface area contributed by atoms with Crippen LogP contribution in [0.5, 0.6) is 0 Å². The van der Waals surface area contributed by atoms with E-state index in [9.17, 15) is 4.79 Å². The zero-order chi connectivity index (χ0) is 24.9. The molecule has 2 fully saturated rings. The third-order valence-electron chi connectivity index (χ3n) is 6.73. The maximum absolute atomic E-state index is 12.0. The molecule has 5 rings (SSSR count). The van der Waals surface area contributed by atoms with Gasteiger partial charge in [-0.05, 0) is 48.9 Å². The molecule has 0 atom stereocenters. The standard InChI is InChI=1S/C27H32N6OS2/c1-2-3-4-5-11-31-12-14-32(15-13-31)18-20-7-6-8-22(16-20)33-19-28-23-10-9-21(29-25(23)33)17-24-26(34)30-27(35)36-24/h6-10,16-17,19H,2-5,11-15,18H2,1H3,(H,30,34,35). The topological polar surface area (TPSA) is 66.3 Å². The first-order valence-corrected chi connectivity index (χ1v) is 13.9. The number of piperazine rings is 1. The summed E-state index contributed by atoms with van der Waals surface area (Å²) in [5.41, 5.74) is 4.61. The van der Waals surface area contributed by atoms with Crippen LogP contribution in [0.2, 0.25) is 0 Å². The van der Waals surface area contributed by atoms with Crippen molar-refractivity contribution in [2.75, 3.05) is 32.7 Å². The van der Waals surface area contributed by atoms with Gasteiger partial charge in [-0.15, -0.1) is 0 Å². The van der Waals surface area contributed by atoms with Gasteiger partial charge in [0, 0.05) is 38.4 Å². The molecule has 1 amide bonds. The molecule has 2 aliphatic rings. The van der Waals surface area contributed by atoms with E-state index in [1.54, 1.807) is 6.08 Å². The van der Waals surface area contributed by atoms with E-state index in [0.717, 1.165) is 49.6 Å². The predicted octanol–water partition coefficient (Wildman–Crippen LogP) is 4.61. The molecule has 2 saturated heterocycles. The smallest absolute Gasteiger partial charge is 0.263 e. The fourth-order valence-electron chi connectivity index (χ4n) is 4.73. The van der Waals surface area contributed by atoms with Crippen LogP contribution in [0.15, 0.2) is 47.6 Å². The number of fused-ring (bicyclic) bond motifs is 1. The molecular formula is C27H32N6OS2. The Hall–Kier alpha value is -2.59. The first-order chi connectivity index (χ1) is 17.6. The number of hydrogen-bond acceptors (Lipinski definition) is 7. The van der Waals surface area contributed by atoms with Crippen LogP contribution in [0.4, 0.5) is 0 Å². The molecule has 7 nitrogen and oxygen atoms in total. The lowest BCUT2D eigenvalue weighted by molar-refractivity contribution is -0.115. The molecular weight excluding hydrogens is 488 g/mol. The highest BCUT2D eigenvalue weighted by Crippen LogP contribution is 2.26. The second kappa shape index (κ2) is 11.6. The van der Waals surface area contributed by atoms with Crippen LogP contribution in [0.25, 0.3) is 22.9 Å². The van der Waals surface area contributed by atoms with Gasteiger partial charge in [0.05, 0.1) is 10.6 Å². The maximum Gasteiger partial charge on any atom is 0.263 e. The lowest BCUT2D eigenvalue weighted by atomic mass is 10.1. The van der Waals surface area contributed by atoms with Crippen molar-refractivity contribution < 1.29 is 4.79 Å². The quantitative estimate of drug-likeness (QED) is 0.251. The first-order valence-electron chi connectivity index (χ1n) is 12.7. The minimum atomic E-state index is -0.176. The van der Waals surface area contributed by atoms with Gasteiger partial charge >= 0.3 is 0 Å². The van der Waals surface area contributed by atoms with E-state index in [2.05, 4.69) is 51.3 Å². The number of unbranched alkanes of at least 4 members (excludes halogenated alkanes) is 3. The van der Waals surface area contributed by atoms with E-state index in [1.165, 1.54) is 49.6 Å². The van der Waals surface area contributed by atoms with E-state index in [4.69, 9.17) is 17.2 Å². The Balaban J connectivity index is 1.26. The largest absolute Gasteiger partial charge is 0.307 e. The minimum Gasteiger partial charge on any atom is -0.307 e. The molecule has 0 spiro atoms. The highest BCUT2D eigenvalue weighted by molar-refractivity contribution is 8.26. The van der Waals surface area contributed by atoms with Gasteiger partial charge in [-0.2, -0.15) is 0 Å². The Morgan fingerprint density at radius 1 is 1.08 bits per heavy atom. The Labute approximate surface area is 222 Å². The number of pyridine rings is 1. The number of carbonyl (C=O) groups excluding carboxylic acids is 1. The van der Waals surface area contributed by atoms with Gasteiger partial charge in [0.2, 0.25) is 0 Å². The van der Waals surface area contributed by atoms with Crippen molar-refractivity contribution in [1.82, 2.24) is 29.7 Å². The van der Waals surface area contributed by atoms with E-state index in [-0.39, 0.29) is 5.91 Å². The third kappa shape index (κ3) is 6.03. The average molecular weight is 521 g/mol. The van der Waals surface area contributed by atoms with Crippen molar-refractivity contribution in [1.29, 1.82) is 0 Å². The van der Waals surface area contributed by atoms with E-state index in [0.29, 0.717) is 14.9 Å². The van der Waals surface area contributed by atoms with Crippen molar-refractivity contribution in [2.45, 2.75) is 39.2 Å². The second-order valence-corrected chi connectivity index (χ2v) is 11.1. The molecule has 0 saturated carbocycles. The molecule has 188 valence electrons. The summed E-state index contributed by atoms with van der Waals surface area (Å²) in [5.74, 6) is -0.176. The number of thiocarbonyl (C=S) groups is 1. The van der Waals surface area contributed by atoms with Crippen LogP contribution < -0.4 is 5.32 Å². The fraction of sp³-hybridized carbons (Fsp3) is 0.407. The fourth-order valence-corrected chi connectivity index (χ4v) is 5.76. The van der Waals surface area contributed by atoms with Gasteiger partial charge in [0.15, 0.2) is 5.65 Å². The zero-order valence-electron chi connectivity index (χ0n) is 20.7. The highest BCUT2D eigenvalue weighted by atomic mass is 32.2. The van der Waals surface area contributed by atoms with Gasteiger partial charge in [-0.1, -0.05) is 62.3 Å². The predicted molar refractivity (Wildman–Crippen MR) is 151 cm³/mol. The Kier molecular flexibility index (Phi) is 8.11. The van der Waals surface area contributed by atoms with Crippen LogP contribution in [0.3, 0.4) is 0 Å². The van der Waals surface area contributed by atoms with E-state index >= 15 is 0 Å². The number of benzene rings is 1. The van der Waals surface area contributed by atoms with E-state index < -0.39 is 0 Å². The average Bonchev–Trinajstić information content (AvgIpc) is 3.44. The maximum atomic E-state index is 12.0. The van der Waals surface area contributed by atoms with Crippen molar-refractivity contribution in [2.24, 2.45) is 0 Å². The summed E-state index contributed by atoms with van der Waals surface area (Å²) in [6.07, 6.45) is 8.91. The molecule has 3 aromatic rings. The van der Waals surface area contributed by atoms with Gasteiger partial charge in [-0.3, -0.25) is 14.3 Å². The number of thioether (sulfide) groups is 1. The van der Waals surface area contributed by atoms with Crippen molar-refractivity contribution in [3.05, 3.63) is 58.9 Å². The summed E-state index contributed by atoms with van der Waals surface area (Å²) in [6.45, 7) is 8.98. The number of amides is 1. The molecule has 36 heavy (non-hydrogen) atoms. The van der Waals surface area contributed by atoms with Crippen LogP contribution in [-0.4, -0.2) is 67.3 Å². The molecule has 4 heterocycles. The van der Waals surface area contributed by atoms with Crippen molar-refractivity contribution in [3.8, 4) is 5.69 Å². The Morgan fingerprint density at radius 3 is 2.69 bits per heavy atom. The van der Waals surface area contributed by atoms with Crippen LogP contribution in [0, 0.1) is 0 Å². The minimum absolute atomic E-state index is 0.176. The molecule has 0 aliphatic carbocycles. The summed E-state index contributed by atoms with van der Waals surface area (Å²) in [4.78, 5) is 27.1. The molecule has 0 radical (unpaired) electrons. The number of aromatic nitrogens is 3. The molecule has 9 heteroatoms. The first kappa shape index (κ1) is 25.1. The van der Waals surface area contributed by atoms with Crippen LogP contribution >= 0.6 is 24.0 Å². The lowest BCUT2D eigenvalue weighted by Gasteiger charge is -2.34. The molecule has 2 aliphatic heterocycles. The van der Waals surface area contributed by atoms with Crippen LogP contribution in [-0.2, 0) is 11.3 Å². The highest BCUT2D eigenvalue weighted by Gasteiger charge is 2.22. The number of nitrogens with one attached hydrogen (secondary N) is 1.